The first kappa shape index (κ1) is 23.2. The van der Waals surface area contributed by atoms with E-state index in [9.17, 15) is 4.79 Å². The Morgan fingerprint density at radius 2 is 1.94 bits per heavy atom. The molecule has 4 rings (SSSR count). The van der Waals surface area contributed by atoms with Gasteiger partial charge in [-0.25, -0.2) is 14.8 Å². The largest absolute Gasteiger partial charge is 0.474 e. The molecule has 0 saturated heterocycles. The number of aromatic nitrogens is 2. The summed E-state index contributed by atoms with van der Waals surface area (Å²) in [6.07, 6.45) is 8.33. The van der Waals surface area contributed by atoms with Gasteiger partial charge >= 0.3 is 6.09 Å². The molecule has 0 N–H and O–H groups in total. The lowest BCUT2D eigenvalue weighted by atomic mass is 9.92. The van der Waals surface area contributed by atoms with Crippen molar-refractivity contribution in [3.05, 3.63) is 16.8 Å². The zero-order valence-electron chi connectivity index (χ0n) is 19.8. The molecule has 2 aromatic heterocycles. The van der Waals surface area contributed by atoms with Gasteiger partial charge in [0.15, 0.2) is 0 Å². The summed E-state index contributed by atoms with van der Waals surface area (Å²) in [5, 5.41) is 1.11. The molecule has 2 aliphatic rings. The highest BCUT2D eigenvalue weighted by molar-refractivity contribution is 7.19. The van der Waals surface area contributed by atoms with Crippen molar-refractivity contribution >= 4 is 27.6 Å². The van der Waals surface area contributed by atoms with E-state index < -0.39 is 5.60 Å². The van der Waals surface area contributed by atoms with E-state index in [2.05, 4.69) is 9.97 Å². The van der Waals surface area contributed by atoms with Gasteiger partial charge in [-0.05, 0) is 77.2 Å². The molecule has 1 fully saturated rings. The van der Waals surface area contributed by atoms with Crippen molar-refractivity contribution < 1.29 is 19.0 Å². The van der Waals surface area contributed by atoms with Crippen LogP contribution in [0.1, 0.15) is 75.7 Å². The predicted molar refractivity (Wildman–Crippen MR) is 126 cm³/mol. The molecule has 1 saturated carbocycles. The van der Waals surface area contributed by atoms with Gasteiger partial charge in [-0.1, -0.05) is 0 Å². The highest BCUT2D eigenvalue weighted by Crippen LogP contribution is 2.47. The average molecular weight is 462 g/mol. The molecule has 32 heavy (non-hydrogen) atoms. The molecule has 8 heteroatoms. The van der Waals surface area contributed by atoms with E-state index in [1.807, 2.05) is 27.8 Å². The van der Waals surface area contributed by atoms with Crippen LogP contribution in [0.3, 0.4) is 0 Å². The minimum absolute atomic E-state index is 0.103. The highest BCUT2D eigenvalue weighted by atomic mass is 32.1. The molecule has 2 heterocycles. The van der Waals surface area contributed by atoms with Crippen LogP contribution in [-0.4, -0.2) is 59.5 Å². The predicted octanol–water partition coefficient (Wildman–Crippen LogP) is 5.31. The monoisotopic (exact) mass is 461 g/mol. The van der Waals surface area contributed by atoms with Crippen LogP contribution in [0.25, 0.3) is 10.2 Å². The maximum atomic E-state index is 12.4. The lowest BCUT2D eigenvalue weighted by molar-refractivity contribution is 0.0138. The topological polar surface area (TPSA) is 73.8 Å². The number of ether oxygens (including phenoxy) is 3. The number of hydrogen-bond donors (Lipinski definition) is 0. The Bertz CT molecular complexity index is 947. The summed E-state index contributed by atoms with van der Waals surface area (Å²) < 4.78 is 17.3. The molecule has 0 aliphatic heterocycles. The Kier molecular flexibility index (Phi) is 6.91. The average Bonchev–Trinajstić information content (AvgIpc) is 3.30. The van der Waals surface area contributed by atoms with Crippen molar-refractivity contribution in [1.29, 1.82) is 0 Å². The van der Waals surface area contributed by atoms with Crippen molar-refractivity contribution in [2.45, 2.75) is 89.4 Å². The zero-order chi connectivity index (χ0) is 22.9. The standard InChI is InChI=1S/C24H35N3O4S/c1-24(2,3)31-23(28)27(4)16-7-9-17(10-8-16)30-21-20-19-15(12-13-29-5)6-11-18(19)32-22(20)26-14-25-21/h14-17H,6-13H2,1-5H3/t15?,16-,17-. The van der Waals surface area contributed by atoms with Gasteiger partial charge in [-0.3, -0.25) is 0 Å². The second-order valence-corrected chi connectivity index (χ2v) is 11.0. The summed E-state index contributed by atoms with van der Waals surface area (Å²) in [5.41, 5.74) is 0.905. The van der Waals surface area contributed by atoms with E-state index in [-0.39, 0.29) is 18.2 Å². The second-order valence-electron chi connectivity index (χ2n) is 9.95. The fraction of sp³-hybridized carbons (Fsp3) is 0.708. The molecule has 7 nitrogen and oxygen atoms in total. The molecule has 0 aromatic carbocycles. The first-order valence-corrected chi connectivity index (χ1v) is 12.5. The minimum atomic E-state index is -0.480. The van der Waals surface area contributed by atoms with Crippen molar-refractivity contribution in [2.75, 3.05) is 20.8 Å². The van der Waals surface area contributed by atoms with Gasteiger partial charge in [0, 0.05) is 31.7 Å². The first-order chi connectivity index (χ1) is 15.3. The second kappa shape index (κ2) is 9.51. The summed E-state index contributed by atoms with van der Waals surface area (Å²) in [4.78, 5) is 25.7. The minimum Gasteiger partial charge on any atom is -0.474 e. The first-order valence-electron chi connectivity index (χ1n) is 11.6. The summed E-state index contributed by atoms with van der Waals surface area (Å²) in [6, 6.07) is 0.180. The summed E-state index contributed by atoms with van der Waals surface area (Å²) in [5.74, 6) is 1.21. The molecule has 2 aliphatic carbocycles. The van der Waals surface area contributed by atoms with Crippen LogP contribution in [-0.2, 0) is 15.9 Å². The van der Waals surface area contributed by atoms with E-state index in [1.165, 1.54) is 10.4 Å². The normalized spacial score (nSPS) is 23.2. The fourth-order valence-electron chi connectivity index (χ4n) is 4.87. The lowest BCUT2D eigenvalue weighted by Crippen LogP contribution is -2.43. The zero-order valence-corrected chi connectivity index (χ0v) is 20.7. The van der Waals surface area contributed by atoms with Gasteiger partial charge in [-0.15, -0.1) is 11.3 Å². The number of hydrogen-bond acceptors (Lipinski definition) is 7. The van der Waals surface area contributed by atoms with Crippen LogP contribution in [0, 0.1) is 0 Å². The quantitative estimate of drug-likeness (QED) is 0.580. The van der Waals surface area contributed by atoms with Gasteiger partial charge in [0.25, 0.3) is 0 Å². The number of fused-ring (bicyclic) bond motifs is 3. The third kappa shape index (κ3) is 5.01. The molecule has 1 atom stereocenters. The molecule has 0 radical (unpaired) electrons. The summed E-state index contributed by atoms with van der Waals surface area (Å²) >= 11 is 1.78. The Labute approximate surface area is 194 Å². The van der Waals surface area contributed by atoms with E-state index in [1.54, 1.807) is 29.7 Å². The van der Waals surface area contributed by atoms with Crippen LogP contribution in [0.5, 0.6) is 5.88 Å². The number of aryl methyl sites for hydroxylation is 1. The van der Waals surface area contributed by atoms with Crippen LogP contribution in [0.2, 0.25) is 0 Å². The SMILES string of the molecule is COCCC1CCc2sc3ncnc(O[C@H]4CC[C@H](N(C)C(=O)OC(C)(C)C)CC4)c3c21. The van der Waals surface area contributed by atoms with E-state index >= 15 is 0 Å². The lowest BCUT2D eigenvalue weighted by Gasteiger charge is -2.35. The van der Waals surface area contributed by atoms with Crippen LogP contribution in [0.15, 0.2) is 6.33 Å². The summed E-state index contributed by atoms with van der Waals surface area (Å²) in [7, 11) is 3.60. The number of methoxy groups -OCH3 is 1. The molecule has 0 spiro atoms. The molecule has 1 unspecified atom stereocenters. The molecule has 2 aromatic rings. The molecule has 176 valence electrons. The van der Waals surface area contributed by atoms with Gasteiger partial charge in [-0.2, -0.15) is 0 Å². The number of carbonyl (C=O) groups is 1. The number of thiophene rings is 1. The fourth-order valence-corrected chi connectivity index (χ4v) is 6.10. The number of amides is 1. The molecular formula is C24H35N3O4S. The van der Waals surface area contributed by atoms with Crippen LogP contribution in [0.4, 0.5) is 4.79 Å². The Balaban J connectivity index is 1.43. The van der Waals surface area contributed by atoms with Crippen LogP contribution >= 0.6 is 11.3 Å². The molecule has 1 amide bonds. The van der Waals surface area contributed by atoms with Crippen molar-refractivity contribution in [3.8, 4) is 5.88 Å². The smallest absolute Gasteiger partial charge is 0.410 e. The highest BCUT2D eigenvalue weighted by Gasteiger charge is 2.33. The number of nitrogens with zero attached hydrogens (tertiary/aromatic N) is 3. The van der Waals surface area contributed by atoms with Gasteiger partial charge in [0.05, 0.1) is 5.39 Å². The summed E-state index contributed by atoms with van der Waals surface area (Å²) in [6.45, 7) is 6.45. The van der Waals surface area contributed by atoms with Crippen LogP contribution < -0.4 is 4.74 Å². The van der Waals surface area contributed by atoms with Crippen molar-refractivity contribution in [3.63, 3.8) is 0 Å². The van der Waals surface area contributed by atoms with E-state index in [4.69, 9.17) is 14.2 Å². The Hall–Kier alpha value is -1.93. The molecular weight excluding hydrogens is 426 g/mol. The molecule has 0 bridgehead atoms. The maximum absolute atomic E-state index is 12.4. The van der Waals surface area contributed by atoms with Gasteiger partial charge < -0.3 is 19.1 Å². The van der Waals surface area contributed by atoms with Crippen molar-refractivity contribution in [1.82, 2.24) is 14.9 Å². The third-order valence-electron chi connectivity index (χ3n) is 6.52. The Morgan fingerprint density at radius 3 is 2.62 bits per heavy atom. The Morgan fingerprint density at radius 1 is 1.19 bits per heavy atom. The van der Waals surface area contributed by atoms with E-state index in [0.717, 1.165) is 67.6 Å². The maximum Gasteiger partial charge on any atom is 0.410 e. The number of carbonyl (C=O) groups excluding carboxylic acids is 1. The van der Waals surface area contributed by atoms with Gasteiger partial charge in [0.1, 0.15) is 22.9 Å². The van der Waals surface area contributed by atoms with Crippen molar-refractivity contribution in [2.24, 2.45) is 0 Å². The third-order valence-corrected chi connectivity index (χ3v) is 7.69. The number of rotatable bonds is 6. The van der Waals surface area contributed by atoms with Gasteiger partial charge in [0.2, 0.25) is 5.88 Å². The van der Waals surface area contributed by atoms with E-state index in [0.29, 0.717) is 5.92 Å².